The SMILES string of the molecule is CS(=O)(=O)N1CCCN(C(=O)C2CSCN2)CC1. The first-order chi connectivity index (χ1) is 8.48. The van der Waals surface area contributed by atoms with Crippen molar-refractivity contribution < 1.29 is 13.2 Å². The van der Waals surface area contributed by atoms with Gasteiger partial charge in [0, 0.05) is 37.8 Å². The van der Waals surface area contributed by atoms with E-state index in [1.165, 1.54) is 10.6 Å². The summed E-state index contributed by atoms with van der Waals surface area (Å²) in [5.74, 6) is 1.74. The summed E-state index contributed by atoms with van der Waals surface area (Å²) < 4.78 is 24.4. The highest BCUT2D eigenvalue weighted by molar-refractivity contribution is 7.99. The van der Waals surface area contributed by atoms with Gasteiger partial charge in [0.2, 0.25) is 15.9 Å². The summed E-state index contributed by atoms with van der Waals surface area (Å²) in [7, 11) is -3.14. The zero-order valence-electron chi connectivity index (χ0n) is 10.5. The number of carbonyl (C=O) groups is 1. The van der Waals surface area contributed by atoms with E-state index in [0.29, 0.717) is 32.6 Å². The van der Waals surface area contributed by atoms with E-state index in [1.54, 1.807) is 16.7 Å². The first kappa shape index (κ1) is 14.1. The molecule has 2 saturated heterocycles. The van der Waals surface area contributed by atoms with Gasteiger partial charge < -0.3 is 4.90 Å². The van der Waals surface area contributed by atoms with Gasteiger partial charge in [0.05, 0.1) is 12.3 Å². The molecule has 0 spiro atoms. The van der Waals surface area contributed by atoms with Crippen LogP contribution in [0.3, 0.4) is 0 Å². The molecular weight excluding hydrogens is 274 g/mol. The summed E-state index contributed by atoms with van der Waals surface area (Å²) in [5, 5.41) is 3.16. The Labute approximate surface area is 112 Å². The molecule has 0 aromatic carbocycles. The highest BCUT2D eigenvalue weighted by Crippen LogP contribution is 2.14. The van der Waals surface area contributed by atoms with Crippen LogP contribution in [0.4, 0.5) is 0 Å². The molecule has 18 heavy (non-hydrogen) atoms. The number of carbonyl (C=O) groups excluding carboxylic acids is 1. The van der Waals surface area contributed by atoms with E-state index in [2.05, 4.69) is 5.32 Å². The van der Waals surface area contributed by atoms with Crippen LogP contribution in [-0.2, 0) is 14.8 Å². The minimum atomic E-state index is -3.14. The number of amides is 1. The second-order valence-electron chi connectivity index (χ2n) is 4.61. The largest absolute Gasteiger partial charge is 0.340 e. The standard InChI is InChI=1S/C10H19N3O3S2/c1-18(15,16)13-4-2-3-12(5-6-13)10(14)9-7-17-8-11-9/h9,11H,2-8H2,1H3. The lowest BCUT2D eigenvalue weighted by Crippen LogP contribution is -2.46. The lowest BCUT2D eigenvalue weighted by molar-refractivity contribution is -0.132. The van der Waals surface area contributed by atoms with Crippen LogP contribution in [0.1, 0.15) is 6.42 Å². The van der Waals surface area contributed by atoms with Crippen molar-refractivity contribution in [1.82, 2.24) is 14.5 Å². The Morgan fingerprint density at radius 1 is 1.28 bits per heavy atom. The highest BCUT2D eigenvalue weighted by atomic mass is 32.2. The topological polar surface area (TPSA) is 69.7 Å². The van der Waals surface area contributed by atoms with Crippen LogP contribution in [0.25, 0.3) is 0 Å². The average molecular weight is 293 g/mol. The minimum Gasteiger partial charge on any atom is -0.340 e. The maximum atomic E-state index is 12.2. The Morgan fingerprint density at radius 2 is 2.06 bits per heavy atom. The smallest absolute Gasteiger partial charge is 0.240 e. The summed E-state index contributed by atoms with van der Waals surface area (Å²) in [6, 6.07) is -0.0974. The predicted octanol–water partition coefficient (Wildman–Crippen LogP) is -0.857. The van der Waals surface area contributed by atoms with E-state index in [9.17, 15) is 13.2 Å². The van der Waals surface area contributed by atoms with Gasteiger partial charge in [-0.25, -0.2) is 12.7 Å². The van der Waals surface area contributed by atoms with E-state index in [-0.39, 0.29) is 11.9 Å². The molecule has 0 radical (unpaired) electrons. The molecule has 1 amide bonds. The third-order valence-electron chi connectivity index (χ3n) is 3.25. The number of thioether (sulfide) groups is 1. The van der Waals surface area contributed by atoms with Gasteiger partial charge in [0.15, 0.2) is 0 Å². The molecule has 1 unspecified atom stereocenters. The van der Waals surface area contributed by atoms with E-state index >= 15 is 0 Å². The van der Waals surface area contributed by atoms with Crippen molar-refractivity contribution in [3.05, 3.63) is 0 Å². The van der Waals surface area contributed by atoms with Crippen molar-refractivity contribution in [2.75, 3.05) is 44.1 Å². The van der Waals surface area contributed by atoms with Crippen molar-refractivity contribution in [2.24, 2.45) is 0 Å². The second-order valence-corrected chi connectivity index (χ2v) is 7.63. The molecule has 2 heterocycles. The fourth-order valence-corrected chi connectivity index (χ4v) is 4.03. The predicted molar refractivity (Wildman–Crippen MR) is 71.9 cm³/mol. The molecular formula is C10H19N3O3S2. The van der Waals surface area contributed by atoms with Crippen molar-refractivity contribution in [3.63, 3.8) is 0 Å². The zero-order valence-corrected chi connectivity index (χ0v) is 12.1. The number of sulfonamides is 1. The molecule has 2 fully saturated rings. The number of hydrogen-bond acceptors (Lipinski definition) is 5. The van der Waals surface area contributed by atoms with E-state index in [0.717, 1.165) is 11.6 Å². The number of nitrogens with one attached hydrogen (secondary N) is 1. The van der Waals surface area contributed by atoms with Crippen LogP contribution in [0.5, 0.6) is 0 Å². The molecule has 0 bridgehead atoms. The lowest BCUT2D eigenvalue weighted by Gasteiger charge is -2.23. The van der Waals surface area contributed by atoms with Gasteiger partial charge >= 0.3 is 0 Å². The van der Waals surface area contributed by atoms with Crippen LogP contribution in [0.15, 0.2) is 0 Å². The average Bonchev–Trinajstić information content (AvgIpc) is 2.70. The minimum absolute atomic E-state index is 0.0974. The van der Waals surface area contributed by atoms with Crippen molar-refractivity contribution in [3.8, 4) is 0 Å². The van der Waals surface area contributed by atoms with Gasteiger partial charge in [-0.05, 0) is 6.42 Å². The molecule has 1 atom stereocenters. The summed E-state index contributed by atoms with van der Waals surface area (Å²) in [4.78, 5) is 14.0. The van der Waals surface area contributed by atoms with E-state index < -0.39 is 10.0 Å². The Hall–Kier alpha value is -0.310. The van der Waals surface area contributed by atoms with Gasteiger partial charge in [0.1, 0.15) is 0 Å². The Kier molecular flexibility index (Phi) is 4.52. The highest BCUT2D eigenvalue weighted by Gasteiger charge is 2.29. The molecule has 0 aliphatic carbocycles. The maximum absolute atomic E-state index is 12.2. The maximum Gasteiger partial charge on any atom is 0.240 e. The van der Waals surface area contributed by atoms with Crippen LogP contribution in [0.2, 0.25) is 0 Å². The van der Waals surface area contributed by atoms with Crippen molar-refractivity contribution >= 4 is 27.7 Å². The molecule has 6 nitrogen and oxygen atoms in total. The third kappa shape index (κ3) is 3.37. The summed E-state index contributed by atoms with van der Waals surface area (Å²) in [6.07, 6.45) is 1.93. The Bertz CT molecular complexity index is 407. The molecule has 2 rings (SSSR count). The number of nitrogens with zero attached hydrogens (tertiary/aromatic N) is 2. The van der Waals surface area contributed by atoms with Gasteiger partial charge in [-0.15, -0.1) is 11.8 Å². The van der Waals surface area contributed by atoms with E-state index in [4.69, 9.17) is 0 Å². The molecule has 8 heteroatoms. The third-order valence-corrected chi connectivity index (χ3v) is 5.49. The van der Waals surface area contributed by atoms with Gasteiger partial charge in [-0.1, -0.05) is 0 Å². The van der Waals surface area contributed by atoms with Gasteiger partial charge in [-0.2, -0.15) is 0 Å². The summed E-state index contributed by atoms with van der Waals surface area (Å²) in [6.45, 7) is 2.06. The van der Waals surface area contributed by atoms with Crippen LogP contribution >= 0.6 is 11.8 Å². The molecule has 2 aliphatic heterocycles. The van der Waals surface area contributed by atoms with Crippen molar-refractivity contribution in [1.29, 1.82) is 0 Å². The Balaban J connectivity index is 1.94. The molecule has 0 aromatic heterocycles. The Morgan fingerprint density at radius 3 is 2.67 bits per heavy atom. The molecule has 0 aromatic rings. The lowest BCUT2D eigenvalue weighted by atomic mass is 10.2. The monoisotopic (exact) mass is 293 g/mol. The quantitative estimate of drug-likeness (QED) is 0.718. The first-order valence-corrected chi connectivity index (χ1v) is 9.04. The molecule has 0 saturated carbocycles. The molecule has 2 aliphatic rings. The van der Waals surface area contributed by atoms with Gasteiger partial charge in [-0.3, -0.25) is 10.1 Å². The number of hydrogen-bond donors (Lipinski definition) is 1. The molecule has 104 valence electrons. The van der Waals surface area contributed by atoms with Crippen LogP contribution in [0, 0.1) is 0 Å². The fraction of sp³-hybridized carbons (Fsp3) is 0.900. The summed E-state index contributed by atoms with van der Waals surface area (Å²) in [5.41, 5.74) is 0. The first-order valence-electron chi connectivity index (χ1n) is 6.03. The van der Waals surface area contributed by atoms with E-state index in [1.807, 2.05) is 0 Å². The fourth-order valence-electron chi connectivity index (χ4n) is 2.22. The van der Waals surface area contributed by atoms with Crippen molar-refractivity contribution in [2.45, 2.75) is 12.5 Å². The van der Waals surface area contributed by atoms with Gasteiger partial charge in [0.25, 0.3) is 0 Å². The molecule has 1 N–H and O–H groups in total. The number of rotatable bonds is 2. The summed E-state index contributed by atoms with van der Waals surface area (Å²) >= 11 is 1.72. The normalized spacial score (nSPS) is 27.2. The zero-order chi connectivity index (χ0) is 13.2. The van der Waals surface area contributed by atoms with Crippen LogP contribution < -0.4 is 5.32 Å². The second kappa shape index (κ2) is 5.77. The van der Waals surface area contributed by atoms with Crippen LogP contribution in [-0.4, -0.2) is 73.6 Å².